The predicted octanol–water partition coefficient (Wildman–Crippen LogP) is 1.70. The van der Waals surface area contributed by atoms with Crippen LogP contribution in [0.2, 0.25) is 0 Å². The molecule has 1 aromatic carbocycles. The molecule has 1 atom stereocenters. The summed E-state index contributed by atoms with van der Waals surface area (Å²) in [6.07, 6.45) is 5.49. The van der Waals surface area contributed by atoms with Gasteiger partial charge in [-0.2, -0.15) is 27.1 Å². The van der Waals surface area contributed by atoms with E-state index in [0.29, 0.717) is 0 Å². The van der Waals surface area contributed by atoms with Crippen molar-refractivity contribution in [1.29, 1.82) is 0 Å². The summed E-state index contributed by atoms with van der Waals surface area (Å²) in [4.78, 5) is -2.56. The van der Waals surface area contributed by atoms with Gasteiger partial charge in [0, 0.05) is 6.42 Å². The molecule has 1 aromatic rings. The first-order chi connectivity index (χ1) is 10.6. The van der Waals surface area contributed by atoms with E-state index in [1.807, 2.05) is 0 Å². The molecule has 0 radical (unpaired) electrons. The van der Waals surface area contributed by atoms with Crippen LogP contribution in [-0.2, 0) is 20.2 Å². The van der Waals surface area contributed by atoms with Crippen molar-refractivity contribution in [2.45, 2.75) is 16.2 Å². The van der Waals surface area contributed by atoms with Gasteiger partial charge in [-0.1, -0.05) is 18.2 Å². The number of anilines is 1. The maximum absolute atomic E-state index is 11.6. The second-order valence-corrected chi connectivity index (χ2v) is 7.76. The normalized spacial score (nSPS) is 21.8. The van der Waals surface area contributed by atoms with Gasteiger partial charge in [0.1, 0.15) is 4.90 Å². The van der Waals surface area contributed by atoms with Crippen LogP contribution in [0, 0.1) is 0 Å². The van der Waals surface area contributed by atoms with Gasteiger partial charge in [-0.3, -0.25) is 9.11 Å². The summed E-state index contributed by atoms with van der Waals surface area (Å²) < 4.78 is 63.9. The third-order valence-corrected chi connectivity index (χ3v) is 5.26. The van der Waals surface area contributed by atoms with E-state index in [2.05, 4.69) is 10.2 Å². The quantitative estimate of drug-likeness (QED) is 0.419. The highest BCUT2D eigenvalue weighted by atomic mass is 32.2. The van der Waals surface area contributed by atoms with Gasteiger partial charge in [-0.15, -0.1) is 0 Å². The smallest absolute Gasteiger partial charge is 0.297 e. The van der Waals surface area contributed by atoms with E-state index in [4.69, 9.17) is 10.3 Å². The summed E-state index contributed by atoms with van der Waals surface area (Å²) in [6, 6.07) is 3.40. The van der Waals surface area contributed by atoms with Gasteiger partial charge in [-0.05, 0) is 24.3 Å². The zero-order valence-corrected chi connectivity index (χ0v) is 13.2. The van der Waals surface area contributed by atoms with Gasteiger partial charge in [0.2, 0.25) is 4.87 Å². The molecule has 0 bridgehead atoms. The largest absolute Gasteiger partial charge is 0.398 e. The zero-order chi connectivity index (χ0) is 17.3. The van der Waals surface area contributed by atoms with E-state index in [0.717, 1.165) is 12.1 Å². The van der Waals surface area contributed by atoms with Crippen LogP contribution in [0.4, 0.5) is 11.4 Å². The number of rotatable bonds is 4. The van der Waals surface area contributed by atoms with E-state index >= 15 is 0 Å². The molecule has 1 unspecified atom stereocenters. The second-order valence-electron chi connectivity index (χ2n) is 4.71. The predicted molar refractivity (Wildman–Crippen MR) is 82.4 cm³/mol. The molecule has 0 heterocycles. The molecule has 0 fully saturated rings. The van der Waals surface area contributed by atoms with E-state index in [1.54, 1.807) is 6.08 Å². The lowest BCUT2D eigenvalue weighted by atomic mass is 10.1. The molecule has 0 amide bonds. The minimum Gasteiger partial charge on any atom is -0.398 e. The molecule has 0 aromatic heterocycles. The maximum atomic E-state index is 11.6. The monoisotopic (exact) mass is 359 g/mol. The first-order valence-corrected chi connectivity index (χ1v) is 9.04. The van der Waals surface area contributed by atoms with E-state index in [1.165, 1.54) is 24.3 Å². The SMILES string of the molecule is Nc1ccc(/N=N/C2(S(=O)(=O)O)C=CC=CC2)cc1S(=O)(=O)O. The Morgan fingerprint density at radius 3 is 2.35 bits per heavy atom. The maximum Gasteiger partial charge on any atom is 0.297 e. The third-order valence-electron chi connectivity index (χ3n) is 3.07. The van der Waals surface area contributed by atoms with Gasteiger partial charge in [-0.25, -0.2) is 0 Å². The third kappa shape index (κ3) is 3.64. The number of allylic oxidation sites excluding steroid dienone is 2. The van der Waals surface area contributed by atoms with Crippen LogP contribution in [0.3, 0.4) is 0 Å². The molecular weight excluding hydrogens is 346 g/mol. The van der Waals surface area contributed by atoms with E-state index < -0.39 is 30.0 Å². The van der Waals surface area contributed by atoms with Crippen LogP contribution in [0.15, 0.2) is 57.6 Å². The lowest BCUT2D eigenvalue weighted by Crippen LogP contribution is -2.34. The molecular formula is C12H13N3O6S2. The van der Waals surface area contributed by atoms with Crippen molar-refractivity contribution >= 4 is 31.6 Å². The Hall–Kier alpha value is -2.08. The number of benzene rings is 1. The highest BCUT2D eigenvalue weighted by Gasteiger charge is 2.41. The first kappa shape index (κ1) is 17.3. The lowest BCUT2D eigenvalue weighted by molar-refractivity contribution is 0.444. The van der Waals surface area contributed by atoms with E-state index in [-0.39, 0.29) is 17.8 Å². The second kappa shape index (κ2) is 5.85. The highest BCUT2D eigenvalue weighted by Crippen LogP contribution is 2.31. The highest BCUT2D eigenvalue weighted by molar-refractivity contribution is 7.87. The van der Waals surface area contributed by atoms with Crippen molar-refractivity contribution in [1.82, 2.24) is 0 Å². The molecule has 124 valence electrons. The van der Waals surface area contributed by atoms with Crippen LogP contribution >= 0.6 is 0 Å². The van der Waals surface area contributed by atoms with Gasteiger partial charge in [0.25, 0.3) is 20.2 Å². The Bertz CT molecular complexity index is 918. The Morgan fingerprint density at radius 2 is 1.83 bits per heavy atom. The molecule has 0 saturated heterocycles. The number of nitrogens with two attached hydrogens (primary N) is 1. The van der Waals surface area contributed by atoms with Crippen LogP contribution in [0.25, 0.3) is 0 Å². The van der Waals surface area contributed by atoms with Crippen LogP contribution in [0.1, 0.15) is 6.42 Å². The molecule has 2 rings (SSSR count). The molecule has 23 heavy (non-hydrogen) atoms. The fourth-order valence-corrected chi connectivity index (χ4v) is 3.19. The minimum atomic E-state index is -4.60. The van der Waals surface area contributed by atoms with Crippen LogP contribution in [-0.4, -0.2) is 30.8 Å². The Morgan fingerprint density at radius 1 is 1.13 bits per heavy atom. The van der Waals surface area contributed by atoms with Crippen LogP contribution in [0.5, 0.6) is 0 Å². The molecule has 0 saturated carbocycles. The van der Waals surface area contributed by atoms with Gasteiger partial charge in [0.05, 0.1) is 11.4 Å². The number of hydrogen-bond donors (Lipinski definition) is 3. The average Bonchev–Trinajstić information content (AvgIpc) is 2.45. The Labute approximate surface area is 132 Å². The number of hydrogen-bond acceptors (Lipinski definition) is 7. The minimum absolute atomic E-state index is 0.0576. The average molecular weight is 359 g/mol. The van der Waals surface area contributed by atoms with Crippen molar-refractivity contribution in [3.8, 4) is 0 Å². The summed E-state index contributed by atoms with van der Waals surface area (Å²) in [5, 5.41) is 7.29. The molecule has 4 N–H and O–H groups in total. The number of nitrogen functional groups attached to an aromatic ring is 1. The number of nitrogens with zero attached hydrogens (tertiary/aromatic N) is 2. The van der Waals surface area contributed by atoms with Gasteiger partial charge < -0.3 is 5.73 Å². The lowest BCUT2D eigenvalue weighted by Gasteiger charge is -2.21. The molecule has 0 spiro atoms. The van der Waals surface area contributed by atoms with Crippen molar-refractivity contribution in [2.24, 2.45) is 10.2 Å². The van der Waals surface area contributed by atoms with E-state index in [9.17, 15) is 21.4 Å². The summed E-state index contributed by atoms with van der Waals surface area (Å²) in [5.74, 6) is 0. The molecule has 11 heteroatoms. The van der Waals surface area contributed by atoms with Crippen molar-refractivity contribution in [3.63, 3.8) is 0 Å². The fourth-order valence-electron chi connectivity index (χ4n) is 1.86. The molecule has 9 nitrogen and oxygen atoms in total. The fraction of sp³-hybridized carbons (Fsp3) is 0.167. The Balaban J connectivity index is 2.47. The summed E-state index contributed by atoms with van der Waals surface area (Å²) in [5.41, 5.74) is 5.19. The van der Waals surface area contributed by atoms with Crippen molar-refractivity contribution < 1.29 is 25.9 Å². The van der Waals surface area contributed by atoms with Gasteiger partial charge in [0.15, 0.2) is 0 Å². The molecule has 1 aliphatic rings. The molecule has 0 aliphatic heterocycles. The standard InChI is InChI=1S/C12H13N3O6S2/c13-10-5-4-9(8-11(10)22(16,17)18)14-15-12(23(19,20)21)6-2-1-3-7-12/h1-6,8H,7,13H2,(H,16,17,18)(H,19,20,21)/b15-14+. The summed E-state index contributed by atoms with van der Waals surface area (Å²) in [7, 11) is -9.16. The van der Waals surface area contributed by atoms with Crippen molar-refractivity contribution in [3.05, 3.63) is 42.5 Å². The zero-order valence-electron chi connectivity index (χ0n) is 11.6. The first-order valence-electron chi connectivity index (χ1n) is 6.16. The summed E-state index contributed by atoms with van der Waals surface area (Å²) in [6.45, 7) is 0. The topological polar surface area (TPSA) is 159 Å². The van der Waals surface area contributed by atoms with Gasteiger partial charge >= 0.3 is 0 Å². The number of azo groups is 1. The van der Waals surface area contributed by atoms with Crippen LogP contribution < -0.4 is 5.73 Å². The summed E-state index contributed by atoms with van der Waals surface area (Å²) >= 11 is 0. The molecule has 1 aliphatic carbocycles. The van der Waals surface area contributed by atoms with Crippen molar-refractivity contribution in [2.75, 3.05) is 5.73 Å². The Kier molecular flexibility index (Phi) is 4.39.